The predicted molar refractivity (Wildman–Crippen MR) is 77.4 cm³/mol. The zero-order valence-corrected chi connectivity index (χ0v) is 12.6. The van der Waals surface area contributed by atoms with Gasteiger partial charge in [0, 0.05) is 10.1 Å². The summed E-state index contributed by atoms with van der Waals surface area (Å²) in [6.07, 6.45) is 0. The fourth-order valence-electron chi connectivity index (χ4n) is 1.49. The molecule has 4 nitrogen and oxygen atoms in total. The number of carbonyl (C=O) groups excluding carboxylic acids is 2. The van der Waals surface area contributed by atoms with Crippen LogP contribution in [0.25, 0.3) is 0 Å². The van der Waals surface area contributed by atoms with Crippen molar-refractivity contribution < 1.29 is 14.3 Å². The third-order valence-corrected chi connectivity index (χ3v) is 3.34. The first kappa shape index (κ1) is 14.9. The van der Waals surface area contributed by atoms with Gasteiger partial charge in [-0.15, -0.1) is 0 Å². The van der Waals surface area contributed by atoms with Crippen LogP contribution >= 0.6 is 22.6 Å². The van der Waals surface area contributed by atoms with Gasteiger partial charge in [0.25, 0.3) is 5.91 Å². The number of benzene rings is 1. The van der Waals surface area contributed by atoms with Crippen LogP contribution < -0.4 is 0 Å². The summed E-state index contributed by atoms with van der Waals surface area (Å²) in [6, 6.07) is 7.32. The van der Waals surface area contributed by atoms with E-state index in [0.29, 0.717) is 18.7 Å². The van der Waals surface area contributed by atoms with Gasteiger partial charge in [-0.2, -0.15) is 0 Å². The minimum absolute atomic E-state index is 0.00581. The number of esters is 1. The second-order valence-electron chi connectivity index (χ2n) is 3.60. The lowest BCUT2D eigenvalue weighted by atomic mass is 10.2. The number of nitrogens with zero attached hydrogens (tertiary/aromatic N) is 1. The topological polar surface area (TPSA) is 46.6 Å². The van der Waals surface area contributed by atoms with Crippen molar-refractivity contribution in [3.05, 3.63) is 33.4 Å². The van der Waals surface area contributed by atoms with Crippen LogP contribution in [-0.2, 0) is 9.53 Å². The molecule has 1 rings (SSSR count). The summed E-state index contributed by atoms with van der Waals surface area (Å²) in [4.78, 5) is 25.1. The smallest absolute Gasteiger partial charge is 0.325 e. The normalized spacial score (nSPS) is 9.94. The summed E-state index contributed by atoms with van der Waals surface area (Å²) in [5.74, 6) is -0.519. The average Bonchev–Trinajstić information content (AvgIpc) is 2.36. The Morgan fingerprint density at radius 3 is 2.50 bits per heavy atom. The lowest BCUT2D eigenvalue weighted by molar-refractivity contribution is -0.143. The zero-order valence-electron chi connectivity index (χ0n) is 10.5. The number of hydrogen-bond acceptors (Lipinski definition) is 3. The highest BCUT2D eigenvalue weighted by Crippen LogP contribution is 2.14. The average molecular weight is 361 g/mol. The molecule has 0 unspecified atom stereocenters. The Labute approximate surface area is 120 Å². The molecule has 1 amide bonds. The van der Waals surface area contributed by atoms with Crippen LogP contribution in [0.1, 0.15) is 24.2 Å². The van der Waals surface area contributed by atoms with Crippen LogP contribution in [0.3, 0.4) is 0 Å². The van der Waals surface area contributed by atoms with Crippen molar-refractivity contribution in [2.24, 2.45) is 0 Å². The molecule has 0 atom stereocenters. The van der Waals surface area contributed by atoms with Gasteiger partial charge >= 0.3 is 5.97 Å². The van der Waals surface area contributed by atoms with Gasteiger partial charge in [0.15, 0.2) is 0 Å². The number of amides is 1. The molecular weight excluding hydrogens is 345 g/mol. The van der Waals surface area contributed by atoms with Gasteiger partial charge in [0.1, 0.15) is 6.54 Å². The van der Waals surface area contributed by atoms with E-state index in [4.69, 9.17) is 4.74 Å². The van der Waals surface area contributed by atoms with E-state index in [1.165, 1.54) is 4.90 Å². The van der Waals surface area contributed by atoms with Crippen LogP contribution in [-0.4, -0.2) is 36.5 Å². The first-order valence-corrected chi connectivity index (χ1v) is 6.87. The minimum Gasteiger partial charge on any atom is -0.465 e. The van der Waals surface area contributed by atoms with E-state index in [2.05, 4.69) is 22.6 Å². The first-order valence-electron chi connectivity index (χ1n) is 5.79. The zero-order chi connectivity index (χ0) is 13.5. The third-order valence-electron chi connectivity index (χ3n) is 2.40. The Hall–Kier alpha value is -1.11. The maximum absolute atomic E-state index is 12.2. The number of rotatable bonds is 5. The van der Waals surface area contributed by atoms with E-state index in [9.17, 15) is 9.59 Å². The van der Waals surface area contributed by atoms with Crippen molar-refractivity contribution >= 4 is 34.5 Å². The van der Waals surface area contributed by atoms with Crippen molar-refractivity contribution in [1.29, 1.82) is 0 Å². The monoisotopic (exact) mass is 361 g/mol. The number of hydrogen-bond donors (Lipinski definition) is 0. The molecule has 0 aliphatic carbocycles. The molecule has 98 valence electrons. The van der Waals surface area contributed by atoms with Gasteiger partial charge in [0.05, 0.1) is 12.2 Å². The highest BCUT2D eigenvalue weighted by atomic mass is 127. The molecule has 0 aromatic heterocycles. The lowest BCUT2D eigenvalue weighted by Crippen LogP contribution is -2.36. The minimum atomic E-state index is -0.376. The molecular formula is C13H16INO3. The molecule has 18 heavy (non-hydrogen) atoms. The van der Waals surface area contributed by atoms with Crippen molar-refractivity contribution in [3.8, 4) is 0 Å². The second kappa shape index (κ2) is 7.35. The van der Waals surface area contributed by atoms with Crippen LogP contribution in [0.2, 0.25) is 0 Å². The van der Waals surface area contributed by atoms with Gasteiger partial charge in [-0.25, -0.2) is 0 Å². The van der Waals surface area contributed by atoms with Crippen molar-refractivity contribution in [2.45, 2.75) is 13.8 Å². The van der Waals surface area contributed by atoms with Gasteiger partial charge < -0.3 is 9.64 Å². The maximum atomic E-state index is 12.2. The number of carbonyl (C=O) groups is 2. The van der Waals surface area contributed by atoms with E-state index in [1.54, 1.807) is 13.0 Å². The standard InChI is InChI=1S/C13H16INO3/c1-3-15(9-12(16)18-4-2)13(17)10-7-5-6-8-11(10)14/h5-8H,3-4,9H2,1-2H3. The lowest BCUT2D eigenvalue weighted by Gasteiger charge is -2.20. The van der Waals surface area contributed by atoms with Crippen LogP contribution in [0, 0.1) is 3.57 Å². The van der Waals surface area contributed by atoms with E-state index < -0.39 is 0 Å². The molecule has 0 saturated carbocycles. The molecule has 0 radical (unpaired) electrons. The number of ether oxygens (including phenoxy) is 1. The van der Waals surface area contributed by atoms with Crippen LogP contribution in [0.5, 0.6) is 0 Å². The third kappa shape index (κ3) is 3.97. The maximum Gasteiger partial charge on any atom is 0.325 e. The van der Waals surface area contributed by atoms with E-state index in [0.717, 1.165) is 3.57 Å². The highest BCUT2D eigenvalue weighted by Gasteiger charge is 2.19. The molecule has 1 aromatic carbocycles. The molecule has 1 aromatic rings. The van der Waals surface area contributed by atoms with Gasteiger partial charge in [-0.05, 0) is 48.6 Å². The van der Waals surface area contributed by atoms with Crippen molar-refractivity contribution in [1.82, 2.24) is 4.90 Å². The summed E-state index contributed by atoms with van der Waals surface area (Å²) in [5.41, 5.74) is 0.615. The SMILES string of the molecule is CCOC(=O)CN(CC)C(=O)c1ccccc1I. The van der Waals surface area contributed by atoms with Crippen molar-refractivity contribution in [2.75, 3.05) is 19.7 Å². The van der Waals surface area contributed by atoms with Crippen LogP contribution in [0.15, 0.2) is 24.3 Å². The van der Waals surface area contributed by atoms with Gasteiger partial charge in [-0.3, -0.25) is 9.59 Å². The molecule has 0 heterocycles. The summed E-state index contributed by atoms with van der Waals surface area (Å²) < 4.78 is 5.73. The van der Waals surface area contributed by atoms with E-state index >= 15 is 0 Å². The molecule has 0 spiro atoms. The molecule has 0 saturated heterocycles. The molecule has 0 aliphatic rings. The predicted octanol–water partition coefficient (Wildman–Crippen LogP) is 2.32. The Balaban J connectivity index is 2.80. The first-order chi connectivity index (χ1) is 8.60. The molecule has 5 heteroatoms. The number of likely N-dealkylation sites (N-methyl/N-ethyl adjacent to an activating group) is 1. The van der Waals surface area contributed by atoms with Gasteiger partial charge in [0.2, 0.25) is 0 Å². The summed E-state index contributed by atoms with van der Waals surface area (Å²) in [7, 11) is 0. The Morgan fingerprint density at radius 1 is 1.28 bits per heavy atom. The van der Waals surface area contributed by atoms with Crippen LogP contribution in [0.4, 0.5) is 0 Å². The Morgan fingerprint density at radius 2 is 1.94 bits per heavy atom. The molecule has 0 aliphatic heterocycles. The molecule has 0 N–H and O–H groups in total. The molecule has 0 fully saturated rings. The largest absolute Gasteiger partial charge is 0.465 e. The fraction of sp³-hybridized carbons (Fsp3) is 0.385. The van der Waals surface area contributed by atoms with E-state index in [-0.39, 0.29) is 18.4 Å². The van der Waals surface area contributed by atoms with Crippen molar-refractivity contribution in [3.63, 3.8) is 0 Å². The van der Waals surface area contributed by atoms with E-state index in [1.807, 2.05) is 25.1 Å². The Bertz CT molecular complexity index is 434. The second-order valence-corrected chi connectivity index (χ2v) is 4.77. The quantitative estimate of drug-likeness (QED) is 0.597. The summed E-state index contributed by atoms with van der Waals surface area (Å²) in [5, 5.41) is 0. The summed E-state index contributed by atoms with van der Waals surface area (Å²) >= 11 is 2.11. The fourth-order valence-corrected chi connectivity index (χ4v) is 2.11. The van der Waals surface area contributed by atoms with Gasteiger partial charge in [-0.1, -0.05) is 12.1 Å². The highest BCUT2D eigenvalue weighted by molar-refractivity contribution is 14.1. The number of halogens is 1. The summed E-state index contributed by atoms with van der Waals surface area (Å²) in [6.45, 7) is 4.38. The Kier molecular flexibility index (Phi) is 6.11. The molecule has 0 bridgehead atoms.